The maximum Gasteiger partial charge on any atom is 0.408 e. The van der Waals surface area contributed by atoms with E-state index in [-0.39, 0.29) is 23.8 Å². The van der Waals surface area contributed by atoms with Gasteiger partial charge in [0.25, 0.3) is 0 Å². The number of alkyl carbamates (subject to hydrolysis) is 1. The topological polar surface area (TPSA) is 87.7 Å². The van der Waals surface area contributed by atoms with Gasteiger partial charge in [-0.3, -0.25) is 9.59 Å². The largest absolute Gasteiger partial charge is 0.444 e. The Morgan fingerprint density at radius 2 is 1.55 bits per heavy atom. The van der Waals surface area contributed by atoms with Gasteiger partial charge in [0.2, 0.25) is 11.8 Å². The average molecular weight is 560 g/mol. The van der Waals surface area contributed by atoms with Crippen LogP contribution in [-0.2, 0) is 14.3 Å². The van der Waals surface area contributed by atoms with Gasteiger partial charge < -0.3 is 20.3 Å². The van der Waals surface area contributed by atoms with Gasteiger partial charge in [-0.15, -0.1) is 0 Å². The van der Waals surface area contributed by atoms with Crippen molar-refractivity contribution in [3.63, 3.8) is 0 Å². The van der Waals surface area contributed by atoms with Crippen LogP contribution in [0.2, 0.25) is 0 Å². The molecule has 0 aliphatic heterocycles. The number of nitrogens with one attached hydrogen (secondary N) is 2. The van der Waals surface area contributed by atoms with E-state index in [1.807, 2.05) is 52.8 Å². The molecule has 4 atom stereocenters. The molecule has 1 rings (SSSR count). The Kier molecular flexibility index (Phi) is 15.3. The van der Waals surface area contributed by atoms with Crippen LogP contribution in [0.3, 0.4) is 0 Å². The summed E-state index contributed by atoms with van der Waals surface area (Å²) in [4.78, 5) is 42.9. The molecule has 2 N–H and O–H groups in total. The normalized spacial score (nSPS) is 14.6. The maximum absolute atomic E-state index is 14.4. The van der Waals surface area contributed by atoms with E-state index in [1.165, 1.54) is 0 Å². The summed E-state index contributed by atoms with van der Waals surface area (Å²) in [5.41, 5.74) is 2.29. The molecular weight excluding hydrogens is 502 g/mol. The third-order valence-electron chi connectivity index (χ3n) is 7.45. The Morgan fingerprint density at radius 3 is 2.10 bits per heavy atom. The van der Waals surface area contributed by atoms with Gasteiger partial charge >= 0.3 is 6.09 Å². The fraction of sp³-hybridized carbons (Fsp3) is 0.727. The number of unbranched alkanes of at least 4 members (excludes halogenated alkanes) is 4. The van der Waals surface area contributed by atoms with Crippen LogP contribution < -0.4 is 10.6 Å². The predicted octanol–water partition coefficient (Wildman–Crippen LogP) is 7.39. The van der Waals surface area contributed by atoms with Gasteiger partial charge in [-0.2, -0.15) is 0 Å². The van der Waals surface area contributed by atoms with Crippen molar-refractivity contribution < 1.29 is 19.1 Å². The van der Waals surface area contributed by atoms with E-state index in [2.05, 4.69) is 24.5 Å². The van der Waals surface area contributed by atoms with Gasteiger partial charge in [-0.1, -0.05) is 84.4 Å². The lowest BCUT2D eigenvalue weighted by atomic mass is 9.94. The van der Waals surface area contributed by atoms with E-state index in [4.69, 9.17) is 4.74 Å². The molecule has 40 heavy (non-hydrogen) atoms. The van der Waals surface area contributed by atoms with Crippen LogP contribution >= 0.6 is 0 Å². The number of nitrogens with zero attached hydrogens (tertiary/aromatic N) is 1. The van der Waals surface area contributed by atoms with Crippen molar-refractivity contribution in [1.29, 1.82) is 0 Å². The summed E-state index contributed by atoms with van der Waals surface area (Å²) in [6.07, 6.45) is 6.96. The van der Waals surface area contributed by atoms with Crippen molar-refractivity contribution in [3.05, 3.63) is 34.9 Å². The zero-order valence-electron chi connectivity index (χ0n) is 27.0. The molecule has 1 aromatic carbocycles. The van der Waals surface area contributed by atoms with Crippen LogP contribution in [0.1, 0.15) is 129 Å². The average Bonchev–Trinajstić information content (AvgIpc) is 2.86. The summed E-state index contributed by atoms with van der Waals surface area (Å²) < 4.78 is 5.52. The molecule has 0 fully saturated rings. The van der Waals surface area contributed by atoms with Gasteiger partial charge in [0.15, 0.2) is 0 Å². The van der Waals surface area contributed by atoms with Crippen LogP contribution in [0.4, 0.5) is 4.79 Å². The fourth-order valence-electron chi connectivity index (χ4n) is 4.78. The Bertz CT molecular complexity index is 940. The standard InChI is InChI=1S/C33H57N3O4/c1-11-14-15-16-17-21-36(31(38)28(23(4)13-3)35-32(39)40-33(8,9)10)29(30(37)34-26(7)18-12-2)27-20-19-24(5)25(6)22-27/h19-20,22-23,26,28-29H,11-18,21H2,1-10H3,(H,34,37)(H,35,39). The predicted molar refractivity (Wildman–Crippen MR) is 164 cm³/mol. The second-order valence-corrected chi connectivity index (χ2v) is 12.4. The van der Waals surface area contributed by atoms with Crippen molar-refractivity contribution >= 4 is 17.9 Å². The second kappa shape index (κ2) is 17.3. The number of ether oxygens (including phenoxy) is 1. The molecular formula is C33H57N3O4. The number of hydrogen-bond acceptors (Lipinski definition) is 4. The first-order valence-electron chi connectivity index (χ1n) is 15.4. The number of hydrogen-bond donors (Lipinski definition) is 2. The van der Waals surface area contributed by atoms with E-state index in [1.54, 1.807) is 25.7 Å². The molecule has 1 aromatic rings. The van der Waals surface area contributed by atoms with Crippen molar-refractivity contribution in [3.8, 4) is 0 Å². The number of carbonyl (C=O) groups excluding carboxylic acids is 3. The lowest BCUT2D eigenvalue weighted by molar-refractivity contribution is -0.143. The molecule has 0 aromatic heterocycles. The molecule has 3 amide bonds. The molecule has 0 aliphatic rings. The second-order valence-electron chi connectivity index (χ2n) is 12.4. The number of amides is 3. The van der Waals surface area contributed by atoms with Crippen molar-refractivity contribution in [2.45, 2.75) is 144 Å². The van der Waals surface area contributed by atoms with Crippen LogP contribution in [-0.4, -0.2) is 47.0 Å². The first-order valence-corrected chi connectivity index (χ1v) is 15.4. The summed E-state index contributed by atoms with van der Waals surface area (Å²) in [5.74, 6) is -0.589. The highest BCUT2D eigenvalue weighted by Gasteiger charge is 2.38. The lowest BCUT2D eigenvalue weighted by Crippen LogP contribution is -2.55. The quantitative estimate of drug-likeness (QED) is 0.207. The molecule has 7 nitrogen and oxygen atoms in total. The molecule has 0 radical (unpaired) electrons. The fourth-order valence-corrected chi connectivity index (χ4v) is 4.78. The number of carbonyl (C=O) groups is 3. The molecule has 0 aliphatic carbocycles. The summed E-state index contributed by atoms with van der Waals surface area (Å²) >= 11 is 0. The number of benzene rings is 1. The van der Waals surface area contributed by atoms with Crippen LogP contribution in [0.5, 0.6) is 0 Å². The number of aryl methyl sites for hydroxylation is 2. The number of rotatable bonds is 16. The molecule has 0 saturated heterocycles. The Labute approximate surface area is 244 Å². The van der Waals surface area contributed by atoms with E-state index in [0.29, 0.717) is 13.0 Å². The zero-order valence-corrected chi connectivity index (χ0v) is 27.0. The minimum atomic E-state index is -0.814. The van der Waals surface area contributed by atoms with Crippen LogP contribution in [0.15, 0.2) is 18.2 Å². The third kappa shape index (κ3) is 11.9. The minimum absolute atomic E-state index is 0.0155. The van der Waals surface area contributed by atoms with E-state index < -0.39 is 23.8 Å². The molecule has 0 heterocycles. The Balaban J connectivity index is 3.57. The smallest absolute Gasteiger partial charge is 0.408 e. The van der Waals surface area contributed by atoms with E-state index in [9.17, 15) is 14.4 Å². The molecule has 0 bridgehead atoms. The minimum Gasteiger partial charge on any atom is -0.444 e. The van der Waals surface area contributed by atoms with Gasteiger partial charge in [0.1, 0.15) is 17.7 Å². The van der Waals surface area contributed by atoms with Crippen molar-refractivity contribution in [2.75, 3.05) is 6.54 Å². The zero-order chi connectivity index (χ0) is 30.5. The summed E-state index contributed by atoms with van der Waals surface area (Å²) in [6.45, 7) is 20.1. The Morgan fingerprint density at radius 1 is 0.900 bits per heavy atom. The van der Waals surface area contributed by atoms with Crippen molar-refractivity contribution in [2.24, 2.45) is 5.92 Å². The Hall–Kier alpha value is -2.57. The summed E-state index contributed by atoms with van der Waals surface area (Å²) in [6, 6.07) is 4.35. The highest BCUT2D eigenvalue weighted by atomic mass is 16.6. The monoisotopic (exact) mass is 559 g/mol. The first-order chi connectivity index (χ1) is 18.7. The molecule has 0 spiro atoms. The molecule has 0 saturated carbocycles. The molecule has 228 valence electrons. The van der Waals surface area contributed by atoms with Crippen LogP contribution in [0.25, 0.3) is 0 Å². The molecule has 7 heteroatoms. The highest BCUT2D eigenvalue weighted by Crippen LogP contribution is 2.27. The first kappa shape index (κ1) is 35.5. The third-order valence-corrected chi connectivity index (χ3v) is 7.45. The van der Waals surface area contributed by atoms with Gasteiger partial charge in [-0.05, 0) is 77.0 Å². The summed E-state index contributed by atoms with van der Waals surface area (Å²) in [5, 5.41) is 6.03. The lowest BCUT2D eigenvalue weighted by Gasteiger charge is -2.36. The SMILES string of the molecule is CCCCCCCN(C(=O)C(NC(=O)OC(C)(C)C)C(C)CC)C(C(=O)NC(C)CCC)c1ccc(C)c(C)c1. The van der Waals surface area contributed by atoms with Gasteiger partial charge in [0, 0.05) is 12.6 Å². The van der Waals surface area contributed by atoms with Crippen molar-refractivity contribution in [1.82, 2.24) is 15.5 Å². The maximum atomic E-state index is 14.4. The van der Waals surface area contributed by atoms with E-state index in [0.717, 1.165) is 61.6 Å². The van der Waals surface area contributed by atoms with Gasteiger partial charge in [0.05, 0.1) is 0 Å². The van der Waals surface area contributed by atoms with Crippen LogP contribution in [0, 0.1) is 19.8 Å². The van der Waals surface area contributed by atoms with Gasteiger partial charge in [-0.25, -0.2) is 4.79 Å². The highest BCUT2D eigenvalue weighted by molar-refractivity contribution is 5.92. The molecule has 4 unspecified atom stereocenters. The van der Waals surface area contributed by atoms with E-state index >= 15 is 0 Å². The summed E-state index contributed by atoms with van der Waals surface area (Å²) in [7, 11) is 0.